The molecule has 0 aromatic carbocycles. The molecule has 25 heavy (non-hydrogen) atoms. The molecule has 0 N–H and O–H groups in total. The molecule has 0 radical (unpaired) electrons. The highest BCUT2D eigenvalue weighted by Gasteiger charge is 2.24. The molecule has 3 rings (SSSR count). The number of carbonyl (C=O) groups excluding carboxylic acids is 1. The van der Waals surface area contributed by atoms with Crippen molar-refractivity contribution in [2.45, 2.75) is 27.2 Å². The Hall–Kier alpha value is -2.70. The van der Waals surface area contributed by atoms with Gasteiger partial charge in [-0.2, -0.15) is 0 Å². The summed E-state index contributed by atoms with van der Waals surface area (Å²) in [6, 6.07) is 0. The van der Waals surface area contributed by atoms with E-state index in [1.807, 2.05) is 36.6 Å². The standard InChI is InChI=1S/C18H22N4O3/c1-11(2)18(23)21-7-5-13(6-8-21)14-10-20(4)17-16(14)12(3)15(9-19-17)22(24)25/h5,9-11H,6-8H2,1-4H3. The topological polar surface area (TPSA) is 81.3 Å². The Balaban J connectivity index is 2.04. The summed E-state index contributed by atoms with van der Waals surface area (Å²) in [5.41, 5.74) is 3.49. The molecule has 1 amide bonds. The number of fused-ring (bicyclic) bond motifs is 1. The molecular weight excluding hydrogens is 320 g/mol. The van der Waals surface area contributed by atoms with Gasteiger partial charge in [-0.1, -0.05) is 19.9 Å². The zero-order valence-electron chi connectivity index (χ0n) is 14.9. The molecule has 1 aliphatic rings. The molecule has 2 aromatic heterocycles. The normalized spacial score (nSPS) is 14.9. The van der Waals surface area contributed by atoms with Crippen LogP contribution in [0, 0.1) is 23.0 Å². The molecule has 0 fully saturated rings. The largest absolute Gasteiger partial charge is 0.338 e. The van der Waals surface area contributed by atoms with Crippen molar-refractivity contribution in [3.63, 3.8) is 0 Å². The van der Waals surface area contributed by atoms with Crippen LogP contribution in [0.25, 0.3) is 16.6 Å². The lowest BCUT2D eigenvalue weighted by Crippen LogP contribution is -2.37. The van der Waals surface area contributed by atoms with Crippen molar-refractivity contribution in [2.75, 3.05) is 13.1 Å². The Kier molecular flexibility index (Phi) is 4.32. The van der Waals surface area contributed by atoms with Gasteiger partial charge in [0.2, 0.25) is 5.91 Å². The monoisotopic (exact) mass is 342 g/mol. The first kappa shape index (κ1) is 17.1. The van der Waals surface area contributed by atoms with E-state index in [-0.39, 0.29) is 17.5 Å². The van der Waals surface area contributed by atoms with Crippen molar-refractivity contribution in [1.82, 2.24) is 14.5 Å². The van der Waals surface area contributed by atoms with Gasteiger partial charge in [-0.3, -0.25) is 14.9 Å². The average molecular weight is 342 g/mol. The van der Waals surface area contributed by atoms with E-state index in [2.05, 4.69) is 11.1 Å². The minimum atomic E-state index is -0.392. The Morgan fingerprint density at radius 3 is 2.68 bits per heavy atom. The lowest BCUT2D eigenvalue weighted by molar-refractivity contribution is -0.385. The van der Waals surface area contributed by atoms with Crippen LogP contribution in [0.15, 0.2) is 18.5 Å². The summed E-state index contributed by atoms with van der Waals surface area (Å²) in [4.78, 5) is 29.1. The Morgan fingerprint density at radius 1 is 1.40 bits per heavy atom. The van der Waals surface area contributed by atoms with Gasteiger partial charge in [0.1, 0.15) is 11.8 Å². The highest BCUT2D eigenvalue weighted by Crippen LogP contribution is 2.35. The fourth-order valence-electron chi connectivity index (χ4n) is 3.40. The van der Waals surface area contributed by atoms with Crippen molar-refractivity contribution < 1.29 is 9.72 Å². The SMILES string of the molecule is Cc1c([N+](=O)[O-])cnc2c1c(C1=CCN(C(=O)C(C)C)CC1)cn2C. The molecule has 7 heteroatoms. The molecule has 7 nitrogen and oxygen atoms in total. The number of rotatable bonds is 3. The third kappa shape index (κ3) is 2.90. The molecule has 0 unspecified atom stereocenters. The van der Waals surface area contributed by atoms with Gasteiger partial charge in [0, 0.05) is 48.8 Å². The molecular formula is C18H22N4O3. The summed E-state index contributed by atoms with van der Waals surface area (Å²) < 4.78 is 1.90. The molecule has 3 heterocycles. The van der Waals surface area contributed by atoms with Crippen LogP contribution >= 0.6 is 0 Å². The Labute approximate surface area is 146 Å². The minimum absolute atomic E-state index is 0.0124. The molecule has 132 valence electrons. The fourth-order valence-corrected chi connectivity index (χ4v) is 3.40. The molecule has 0 saturated carbocycles. The summed E-state index contributed by atoms with van der Waals surface area (Å²) >= 11 is 0. The average Bonchev–Trinajstić information content (AvgIpc) is 2.92. The van der Waals surface area contributed by atoms with Gasteiger partial charge in [-0.15, -0.1) is 0 Å². The summed E-state index contributed by atoms with van der Waals surface area (Å²) in [5, 5.41) is 12.1. The number of aryl methyl sites for hydroxylation is 2. The van der Waals surface area contributed by atoms with E-state index in [0.717, 1.165) is 28.6 Å². The quantitative estimate of drug-likeness (QED) is 0.634. The van der Waals surface area contributed by atoms with Crippen molar-refractivity contribution in [2.24, 2.45) is 13.0 Å². The molecule has 0 bridgehead atoms. The summed E-state index contributed by atoms with van der Waals surface area (Å²) in [6.07, 6.45) is 6.08. The first-order valence-corrected chi connectivity index (χ1v) is 8.38. The highest BCUT2D eigenvalue weighted by molar-refractivity contribution is 5.95. The molecule has 0 atom stereocenters. The fraction of sp³-hybridized carbons (Fsp3) is 0.444. The highest BCUT2D eigenvalue weighted by atomic mass is 16.6. The second kappa shape index (κ2) is 6.31. The van der Waals surface area contributed by atoms with Gasteiger partial charge >= 0.3 is 0 Å². The van der Waals surface area contributed by atoms with E-state index in [1.54, 1.807) is 6.92 Å². The molecule has 0 aliphatic carbocycles. The van der Waals surface area contributed by atoms with Crippen LogP contribution in [0.1, 0.15) is 31.4 Å². The smallest absolute Gasteiger partial charge is 0.291 e. The number of hydrogen-bond donors (Lipinski definition) is 0. The summed E-state index contributed by atoms with van der Waals surface area (Å²) in [7, 11) is 1.89. The van der Waals surface area contributed by atoms with Crippen LogP contribution in [0.5, 0.6) is 0 Å². The van der Waals surface area contributed by atoms with Crippen LogP contribution in [0.4, 0.5) is 5.69 Å². The predicted octanol–water partition coefficient (Wildman–Crippen LogP) is 3.06. The lowest BCUT2D eigenvalue weighted by atomic mass is 9.97. The van der Waals surface area contributed by atoms with E-state index in [1.165, 1.54) is 6.20 Å². The van der Waals surface area contributed by atoms with Crippen molar-refractivity contribution in [1.29, 1.82) is 0 Å². The second-order valence-electron chi connectivity index (χ2n) is 6.80. The lowest BCUT2D eigenvalue weighted by Gasteiger charge is -2.28. The third-order valence-electron chi connectivity index (χ3n) is 4.78. The van der Waals surface area contributed by atoms with Gasteiger partial charge < -0.3 is 9.47 Å². The van der Waals surface area contributed by atoms with E-state index in [4.69, 9.17) is 0 Å². The number of carbonyl (C=O) groups is 1. The number of amides is 1. The van der Waals surface area contributed by atoms with Gasteiger partial charge in [-0.05, 0) is 18.9 Å². The van der Waals surface area contributed by atoms with E-state index >= 15 is 0 Å². The van der Waals surface area contributed by atoms with Crippen molar-refractivity contribution in [3.05, 3.63) is 39.7 Å². The van der Waals surface area contributed by atoms with Crippen LogP contribution < -0.4 is 0 Å². The maximum absolute atomic E-state index is 12.1. The molecule has 0 spiro atoms. The van der Waals surface area contributed by atoms with Crippen LogP contribution in [-0.4, -0.2) is 38.4 Å². The Bertz CT molecular complexity index is 895. The number of nitro groups is 1. The van der Waals surface area contributed by atoms with Crippen LogP contribution in [-0.2, 0) is 11.8 Å². The second-order valence-corrected chi connectivity index (χ2v) is 6.80. The number of nitrogens with zero attached hydrogens (tertiary/aromatic N) is 4. The number of aromatic nitrogens is 2. The predicted molar refractivity (Wildman–Crippen MR) is 96.1 cm³/mol. The number of hydrogen-bond acceptors (Lipinski definition) is 4. The zero-order chi connectivity index (χ0) is 18.3. The molecule has 2 aromatic rings. The van der Waals surface area contributed by atoms with Crippen LogP contribution in [0.2, 0.25) is 0 Å². The van der Waals surface area contributed by atoms with Crippen molar-refractivity contribution >= 4 is 28.2 Å². The third-order valence-corrected chi connectivity index (χ3v) is 4.78. The van der Waals surface area contributed by atoms with Gasteiger partial charge in [0.15, 0.2) is 0 Å². The Morgan fingerprint density at radius 2 is 2.12 bits per heavy atom. The first-order chi connectivity index (χ1) is 11.8. The van der Waals surface area contributed by atoms with Crippen molar-refractivity contribution in [3.8, 4) is 0 Å². The maximum Gasteiger partial charge on any atom is 0.291 e. The maximum atomic E-state index is 12.1. The number of pyridine rings is 1. The first-order valence-electron chi connectivity index (χ1n) is 8.38. The van der Waals surface area contributed by atoms with Gasteiger partial charge in [0.05, 0.1) is 4.92 Å². The van der Waals surface area contributed by atoms with E-state index in [0.29, 0.717) is 18.7 Å². The van der Waals surface area contributed by atoms with Crippen LogP contribution in [0.3, 0.4) is 0 Å². The summed E-state index contributed by atoms with van der Waals surface area (Å²) in [6.45, 7) is 6.81. The zero-order valence-corrected chi connectivity index (χ0v) is 14.9. The minimum Gasteiger partial charge on any atom is -0.338 e. The van der Waals surface area contributed by atoms with Gasteiger partial charge in [-0.25, -0.2) is 4.98 Å². The van der Waals surface area contributed by atoms with Gasteiger partial charge in [0.25, 0.3) is 5.69 Å². The molecule has 1 aliphatic heterocycles. The summed E-state index contributed by atoms with van der Waals surface area (Å²) in [5.74, 6) is 0.142. The van der Waals surface area contributed by atoms with E-state index < -0.39 is 4.92 Å². The van der Waals surface area contributed by atoms with E-state index in [9.17, 15) is 14.9 Å². The molecule has 0 saturated heterocycles.